The van der Waals surface area contributed by atoms with E-state index in [1.807, 2.05) is 20.8 Å². The standard InChI is InChI=1S/C13H26O2/c1-6-8-9-10-11(7-2)15-12(14)13(3,4)5/h11H,6-10H2,1-5H3. The monoisotopic (exact) mass is 214 g/mol. The van der Waals surface area contributed by atoms with E-state index in [1.54, 1.807) is 0 Å². The van der Waals surface area contributed by atoms with Gasteiger partial charge in [0.05, 0.1) is 5.41 Å². The van der Waals surface area contributed by atoms with E-state index in [0.717, 1.165) is 19.3 Å². The Morgan fingerprint density at radius 1 is 1.20 bits per heavy atom. The maximum Gasteiger partial charge on any atom is 0.311 e. The van der Waals surface area contributed by atoms with E-state index in [0.29, 0.717) is 0 Å². The first-order chi connectivity index (χ1) is 6.91. The van der Waals surface area contributed by atoms with Crippen molar-refractivity contribution >= 4 is 5.97 Å². The van der Waals surface area contributed by atoms with Crippen LogP contribution in [0.15, 0.2) is 0 Å². The molecule has 1 unspecified atom stereocenters. The van der Waals surface area contributed by atoms with Crippen molar-refractivity contribution in [2.75, 3.05) is 0 Å². The molecule has 0 spiro atoms. The second kappa shape index (κ2) is 6.86. The number of rotatable bonds is 6. The van der Waals surface area contributed by atoms with E-state index in [4.69, 9.17) is 4.74 Å². The van der Waals surface area contributed by atoms with Gasteiger partial charge in [0.15, 0.2) is 0 Å². The van der Waals surface area contributed by atoms with Crippen molar-refractivity contribution < 1.29 is 9.53 Å². The Bertz CT molecular complexity index is 179. The summed E-state index contributed by atoms with van der Waals surface area (Å²) >= 11 is 0. The van der Waals surface area contributed by atoms with Crippen LogP contribution in [0.3, 0.4) is 0 Å². The van der Waals surface area contributed by atoms with Crippen LogP contribution in [-0.4, -0.2) is 12.1 Å². The van der Waals surface area contributed by atoms with Crippen LogP contribution in [0.2, 0.25) is 0 Å². The molecule has 0 fully saturated rings. The first-order valence-corrected chi connectivity index (χ1v) is 6.12. The van der Waals surface area contributed by atoms with Crippen LogP contribution in [0, 0.1) is 5.41 Å². The summed E-state index contributed by atoms with van der Waals surface area (Å²) < 4.78 is 5.47. The summed E-state index contributed by atoms with van der Waals surface area (Å²) in [4.78, 5) is 11.6. The highest BCUT2D eigenvalue weighted by Gasteiger charge is 2.25. The minimum Gasteiger partial charge on any atom is -0.462 e. The maximum absolute atomic E-state index is 11.6. The highest BCUT2D eigenvalue weighted by atomic mass is 16.5. The van der Waals surface area contributed by atoms with Crippen LogP contribution >= 0.6 is 0 Å². The van der Waals surface area contributed by atoms with Crippen molar-refractivity contribution in [3.8, 4) is 0 Å². The first kappa shape index (κ1) is 14.5. The number of esters is 1. The molecular weight excluding hydrogens is 188 g/mol. The third-order valence-electron chi connectivity index (χ3n) is 2.47. The molecule has 0 radical (unpaired) electrons. The molecule has 0 aromatic rings. The number of hydrogen-bond donors (Lipinski definition) is 0. The average Bonchev–Trinajstić information content (AvgIpc) is 2.14. The zero-order valence-electron chi connectivity index (χ0n) is 10.9. The molecule has 2 heteroatoms. The molecule has 0 amide bonds. The first-order valence-electron chi connectivity index (χ1n) is 6.12. The number of carbonyl (C=O) groups is 1. The maximum atomic E-state index is 11.6. The van der Waals surface area contributed by atoms with Gasteiger partial charge in [-0.3, -0.25) is 4.79 Å². The quantitative estimate of drug-likeness (QED) is 0.494. The zero-order valence-corrected chi connectivity index (χ0v) is 10.9. The number of ether oxygens (including phenoxy) is 1. The summed E-state index contributed by atoms with van der Waals surface area (Å²) in [6.45, 7) is 9.95. The summed E-state index contributed by atoms with van der Waals surface area (Å²) in [5.74, 6) is -0.0779. The van der Waals surface area contributed by atoms with Crippen molar-refractivity contribution in [2.24, 2.45) is 5.41 Å². The van der Waals surface area contributed by atoms with Crippen LogP contribution in [0.25, 0.3) is 0 Å². The van der Waals surface area contributed by atoms with E-state index in [2.05, 4.69) is 13.8 Å². The van der Waals surface area contributed by atoms with Gasteiger partial charge in [-0.15, -0.1) is 0 Å². The zero-order chi connectivity index (χ0) is 11.9. The molecule has 0 saturated carbocycles. The predicted molar refractivity (Wildman–Crippen MR) is 63.8 cm³/mol. The van der Waals surface area contributed by atoms with Crippen molar-refractivity contribution in [3.63, 3.8) is 0 Å². The molecule has 0 N–H and O–H groups in total. The van der Waals surface area contributed by atoms with Gasteiger partial charge < -0.3 is 4.74 Å². The summed E-state index contributed by atoms with van der Waals surface area (Å²) in [6, 6.07) is 0. The van der Waals surface area contributed by atoms with E-state index in [1.165, 1.54) is 12.8 Å². The number of unbranched alkanes of at least 4 members (excludes halogenated alkanes) is 2. The van der Waals surface area contributed by atoms with Crippen LogP contribution in [0.1, 0.15) is 66.7 Å². The van der Waals surface area contributed by atoms with E-state index in [-0.39, 0.29) is 17.5 Å². The third kappa shape index (κ3) is 6.53. The SMILES string of the molecule is CCCCCC(CC)OC(=O)C(C)(C)C. The van der Waals surface area contributed by atoms with Crippen molar-refractivity contribution in [1.82, 2.24) is 0 Å². The van der Waals surface area contributed by atoms with Crippen molar-refractivity contribution in [2.45, 2.75) is 72.8 Å². The fraction of sp³-hybridized carbons (Fsp3) is 0.923. The van der Waals surface area contributed by atoms with Crippen LogP contribution in [-0.2, 0) is 9.53 Å². The Labute approximate surface area is 94.4 Å². The van der Waals surface area contributed by atoms with Gasteiger partial charge in [-0.1, -0.05) is 26.7 Å². The van der Waals surface area contributed by atoms with Gasteiger partial charge in [-0.25, -0.2) is 0 Å². The van der Waals surface area contributed by atoms with Gasteiger partial charge >= 0.3 is 5.97 Å². The largest absolute Gasteiger partial charge is 0.462 e. The van der Waals surface area contributed by atoms with Gasteiger partial charge in [-0.2, -0.15) is 0 Å². The fourth-order valence-electron chi connectivity index (χ4n) is 1.30. The predicted octanol–water partition coefficient (Wildman–Crippen LogP) is 3.93. The summed E-state index contributed by atoms with van der Waals surface area (Å²) in [5.41, 5.74) is -0.377. The highest BCUT2D eigenvalue weighted by Crippen LogP contribution is 2.19. The van der Waals surface area contributed by atoms with Crippen molar-refractivity contribution in [1.29, 1.82) is 0 Å². The van der Waals surface area contributed by atoms with E-state index >= 15 is 0 Å². The minimum atomic E-state index is -0.377. The lowest BCUT2D eigenvalue weighted by atomic mass is 9.97. The Hall–Kier alpha value is -0.530. The lowest BCUT2D eigenvalue weighted by Gasteiger charge is -2.22. The van der Waals surface area contributed by atoms with Crippen molar-refractivity contribution in [3.05, 3.63) is 0 Å². The molecule has 15 heavy (non-hydrogen) atoms. The normalized spacial score (nSPS) is 13.7. The molecule has 90 valence electrons. The molecule has 0 aromatic heterocycles. The minimum absolute atomic E-state index is 0.0779. The lowest BCUT2D eigenvalue weighted by molar-refractivity contribution is -0.159. The topological polar surface area (TPSA) is 26.3 Å². The Morgan fingerprint density at radius 2 is 1.80 bits per heavy atom. The molecule has 0 saturated heterocycles. The second-order valence-corrected chi connectivity index (χ2v) is 5.18. The van der Waals surface area contributed by atoms with E-state index in [9.17, 15) is 4.79 Å². The molecule has 0 rings (SSSR count). The van der Waals surface area contributed by atoms with Gasteiger partial charge in [0.2, 0.25) is 0 Å². The van der Waals surface area contributed by atoms with Crippen LogP contribution in [0.4, 0.5) is 0 Å². The third-order valence-corrected chi connectivity index (χ3v) is 2.47. The summed E-state index contributed by atoms with van der Waals surface area (Å²) in [6.07, 6.45) is 5.64. The number of carbonyl (C=O) groups excluding carboxylic acids is 1. The molecule has 0 aliphatic rings. The second-order valence-electron chi connectivity index (χ2n) is 5.18. The van der Waals surface area contributed by atoms with Gasteiger partial charge in [-0.05, 0) is 40.0 Å². The highest BCUT2D eigenvalue weighted by molar-refractivity contribution is 5.75. The van der Waals surface area contributed by atoms with Gasteiger partial charge in [0.1, 0.15) is 6.10 Å². The van der Waals surface area contributed by atoms with Gasteiger partial charge in [0, 0.05) is 0 Å². The molecule has 0 heterocycles. The van der Waals surface area contributed by atoms with Gasteiger partial charge in [0.25, 0.3) is 0 Å². The molecule has 2 nitrogen and oxygen atoms in total. The molecule has 0 bridgehead atoms. The molecule has 0 aromatic carbocycles. The van der Waals surface area contributed by atoms with Crippen LogP contribution < -0.4 is 0 Å². The van der Waals surface area contributed by atoms with E-state index < -0.39 is 0 Å². The lowest BCUT2D eigenvalue weighted by Crippen LogP contribution is -2.28. The molecule has 0 aliphatic heterocycles. The summed E-state index contributed by atoms with van der Waals surface area (Å²) in [5, 5.41) is 0. The Kier molecular flexibility index (Phi) is 6.62. The summed E-state index contributed by atoms with van der Waals surface area (Å²) in [7, 11) is 0. The average molecular weight is 214 g/mol. The molecular formula is C13H26O2. The fourth-order valence-corrected chi connectivity index (χ4v) is 1.30. The van der Waals surface area contributed by atoms with Crippen LogP contribution in [0.5, 0.6) is 0 Å². The number of hydrogen-bond acceptors (Lipinski definition) is 2. The molecule has 1 atom stereocenters. The molecule has 0 aliphatic carbocycles. The Balaban J connectivity index is 3.94. The smallest absolute Gasteiger partial charge is 0.311 e. The Morgan fingerprint density at radius 3 is 2.20 bits per heavy atom.